The number of rotatable bonds is 8. The number of carbonyl (C=O) groups excluding carboxylic acids is 1. The van der Waals surface area contributed by atoms with Crippen molar-refractivity contribution in [2.24, 2.45) is 4.99 Å². The Morgan fingerprint density at radius 3 is 2.55 bits per heavy atom. The molecule has 1 N–H and O–H groups in total. The summed E-state index contributed by atoms with van der Waals surface area (Å²) < 4.78 is 32.1. The van der Waals surface area contributed by atoms with Crippen LogP contribution in [0.1, 0.15) is 34.8 Å². The Morgan fingerprint density at radius 1 is 1.07 bits per heavy atom. The maximum absolute atomic E-state index is 15.4. The number of carbonyl (C=O) groups is 1. The fraction of sp³-hybridized carbons (Fsp3) is 0.455. The Balaban J connectivity index is 1.14. The van der Waals surface area contributed by atoms with Gasteiger partial charge in [-0.05, 0) is 66.9 Å². The highest BCUT2D eigenvalue weighted by molar-refractivity contribution is 6.03. The fourth-order valence-corrected chi connectivity index (χ4v) is 6.04. The first-order valence-corrected chi connectivity index (χ1v) is 14.9. The molecule has 0 radical (unpaired) electrons. The second kappa shape index (κ2) is 12.8. The molecule has 2 fully saturated rings. The SMILES string of the molecule is CC1(c2ccc(C(=O)N3CCOCC3)c(F)c2)C=CC=C2NCC(c3ccc(OCCCN4CCOCC4)cc3)=NC21. The van der Waals surface area contributed by atoms with Crippen molar-refractivity contribution in [1.82, 2.24) is 15.1 Å². The molecule has 2 saturated heterocycles. The molecule has 42 heavy (non-hydrogen) atoms. The summed E-state index contributed by atoms with van der Waals surface area (Å²) in [6.45, 7) is 9.88. The van der Waals surface area contributed by atoms with Crippen LogP contribution in [0.2, 0.25) is 0 Å². The zero-order chi connectivity index (χ0) is 28.9. The molecule has 2 atom stereocenters. The molecule has 3 aliphatic heterocycles. The maximum Gasteiger partial charge on any atom is 0.256 e. The quantitative estimate of drug-likeness (QED) is 0.486. The van der Waals surface area contributed by atoms with Gasteiger partial charge in [-0.15, -0.1) is 0 Å². The third-order valence-corrected chi connectivity index (χ3v) is 8.62. The molecule has 3 heterocycles. The van der Waals surface area contributed by atoms with Crippen molar-refractivity contribution in [3.05, 3.63) is 88.9 Å². The third-order valence-electron chi connectivity index (χ3n) is 8.62. The average Bonchev–Trinajstić information content (AvgIpc) is 3.04. The Bertz CT molecular complexity index is 1360. The van der Waals surface area contributed by atoms with Crippen molar-refractivity contribution in [3.63, 3.8) is 0 Å². The van der Waals surface area contributed by atoms with Crippen LogP contribution >= 0.6 is 0 Å². The number of allylic oxidation sites excluding steroid dienone is 2. The van der Waals surface area contributed by atoms with Gasteiger partial charge in [0.1, 0.15) is 17.6 Å². The van der Waals surface area contributed by atoms with Gasteiger partial charge < -0.3 is 24.4 Å². The number of benzene rings is 2. The Hall–Kier alpha value is -3.53. The van der Waals surface area contributed by atoms with Crippen molar-refractivity contribution in [3.8, 4) is 5.75 Å². The van der Waals surface area contributed by atoms with E-state index >= 15 is 4.39 Å². The minimum atomic E-state index is -0.590. The molecule has 0 bridgehead atoms. The summed E-state index contributed by atoms with van der Waals surface area (Å²) in [5, 5.41) is 3.54. The van der Waals surface area contributed by atoms with Crippen molar-refractivity contribution >= 4 is 11.6 Å². The Kier molecular flexibility index (Phi) is 8.69. The lowest BCUT2D eigenvalue weighted by Crippen LogP contribution is -2.46. The first-order valence-electron chi connectivity index (χ1n) is 14.9. The van der Waals surface area contributed by atoms with Crippen LogP contribution in [0.4, 0.5) is 4.39 Å². The van der Waals surface area contributed by atoms with Crippen LogP contribution in [0.5, 0.6) is 5.75 Å². The van der Waals surface area contributed by atoms with Gasteiger partial charge in [0.2, 0.25) is 0 Å². The first-order chi connectivity index (χ1) is 20.5. The van der Waals surface area contributed by atoms with E-state index in [9.17, 15) is 4.79 Å². The van der Waals surface area contributed by atoms with Crippen molar-refractivity contribution < 1.29 is 23.4 Å². The van der Waals surface area contributed by atoms with Crippen LogP contribution in [0.25, 0.3) is 0 Å². The van der Waals surface area contributed by atoms with Gasteiger partial charge in [-0.2, -0.15) is 0 Å². The molecule has 2 aromatic rings. The third kappa shape index (κ3) is 6.14. The van der Waals surface area contributed by atoms with E-state index in [4.69, 9.17) is 19.2 Å². The highest BCUT2D eigenvalue weighted by Crippen LogP contribution is 2.39. The molecular formula is C33H39FN4O4. The number of fused-ring (bicyclic) bond motifs is 1. The number of aliphatic imine (C=N–C) groups is 1. The second-order valence-corrected chi connectivity index (χ2v) is 11.4. The van der Waals surface area contributed by atoms with E-state index in [1.165, 1.54) is 6.07 Å². The summed E-state index contributed by atoms with van der Waals surface area (Å²) in [5.74, 6) is 0.0398. The van der Waals surface area contributed by atoms with Crippen LogP contribution in [-0.4, -0.2) is 99.8 Å². The van der Waals surface area contributed by atoms with E-state index in [0.717, 1.165) is 67.6 Å². The van der Waals surface area contributed by atoms with E-state index < -0.39 is 11.2 Å². The van der Waals surface area contributed by atoms with E-state index in [0.29, 0.717) is 39.5 Å². The van der Waals surface area contributed by atoms with Crippen LogP contribution in [0.3, 0.4) is 0 Å². The molecule has 0 saturated carbocycles. The predicted octanol–water partition coefficient (Wildman–Crippen LogP) is 3.57. The molecule has 4 aliphatic rings. The monoisotopic (exact) mass is 574 g/mol. The van der Waals surface area contributed by atoms with Gasteiger partial charge >= 0.3 is 0 Å². The topological polar surface area (TPSA) is 75.6 Å². The zero-order valence-corrected chi connectivity index (χ0v) is 24.2. The molecule has 2 aromatic carbocycles. The number of ether oxygens (including phenoxy) is 3. The number of nitrogens with zero attached hydrogens (tertiary/aromatic N) is 3. The predicted molar refractivity (Wildman–Crippen MR) is 160 cm³/mol. The minimum Gasteiger partial charge on any atom is -0.494 e. The van der Waals surface area contributed by atoms with E-state index in [1.807, 2.05) is 42.5 Å². The van der Waals surface area contributed by atoms with E-state index in [-0.39, 0.29) is 17.5 Å². The van der Waals surface area contributed by atoms with Gasteiger partial charge in [0.25, 0.3) is 5.91 Å². The molecule has 9 heteroatoms. The largest absolute Gasteiger partial charge is 0.494 e. The van der Waals surface area contributed by atoms with Crippen LogP contribution in [-0.2, 0) is 14.9 Å². The summed E-state index contributed by atoms with van der Waals surface area (Å²) in [6, 6.07) is 12.8. The standard InChI is InChI=1S/C33H39FN4O4/c1-33(25-7-10-27(28(34)22-25)32(39)38-15-20-41-21-16-38)11-2-4-29-31(33)36-30(23-35-29)24-5-8-26(9-6-24)42-17-3-12-37-13-18-40-19-14-37/h2,4-11,22,31,35H,3,12-21,23H2,1H3. The smallest absolute Gasteiger partial charge is 0.256 e. The summed E-state index contributed by atoms with van der Waals surface area (Å²) >= 11 is 0. The second-order valence-electron chi connectivity index (χ2n) is 11.4. The number of hydrogen-bond donors (Lipinski definition) is 1. The molecule has 1 aliphatic carbocycles. The number of halogens is 1. The molecule has 1 amide bonds. The lowest BCUT2D eigenvalue weighted by atomic mass is 9.71. The Labute approximate surface area is 246 Å². The normalized spacial score (nSPS) is 24.3. The van der Waals surface area contributed by atoms with Crippen molar-refractivity contribution in [1.29, 1.82) is 0 Å². The highest BCUT2D eigenvalue weighted by Gasteiger charge is 2.40. The minimum absolute atomic E-state index is 0.0918. The van der Waals surface area contributed by atoms with Gasteiger partial charge in [-0.1, -0.05) is 18.2 Å². The van der Waals surface area contributed by atoms with Gasteiger partial charge in [0, 0.05) is 43.8 Å². The number of hydrogen-bond acceptors (Lipinski definition) is 7. The molecule has 8 nitrogen and oxygen atoms in total. The average molecular weight is 575 g/mol. The number of nitrogens with one attached hydrogen (secondary N) is 1. The lowest BCUT2D eigenvalue weighted by molar-refractivity contribution is 0.0300. The molecular weight excluding hydrogens is 535 g/mol. The molecule has 2 unspecified atom stereocenters. The van der Waals surface area contributed by atoms with Gasteiger partial charge in [0.15, 0.2) is 0 Å². The van der Waals surface area contributed by atoms with Crippen LogP contribution in [0.15, 0.2) is 71.4 Å². The summed E-state index contributed by atoms with van der Waals surface area (Å²) in [7, 11) is 0. The zero-order valence-electron chi connectivity index (χ0n) is 24.2. The van der Waals surface area contributed by atoms with Crippen LogP contribution in [0, 0.1) is 5.82 Å². The summed E-state index contributed by atoms with van der Waals surface area (Å²) in [5.41, 5.74) is 3.24. The van der Waals surface area contributed by atoms with Gasteiger partial charge in [-0.3, -0.25) is 14.7 Å². The maximum atomic E-state index is 15.4. The fourth-order valence-electron chi connectivity index (χ4n) is 6.04. The lowest BCUT2D eigenvalue weighted by Gasteiger charge is -2.40. The molecule has 0 aromatic heterocycles. The van der Waals surface area contributed by atoms with E-state index in [2.05, 4.69) is 23.2 Å². The first kappa shape index (κ1) is 28.6. The van der Waals surface area contributed by atoms with Crippen molar-refractivity contribution in [2.45, 2.75) is 24.8 Å². The summed E-state index contributed by atoms with van der Waals surface area (Å²) in [4.78, 5) is 22.2. The molecule has 0 spiro atoms. The molecule has 6 rings (SSSR count). The summed E-state index contributed by atoms with van der Waals surface area (Å²) in [6.07, 6.45) is 7.08. The Morgan fingerprint density at radius 2 is 1.81 bits per heavy atom. The van der Waals surface area contributed by atoms with Crippen molar-refractivity contribution in [2.75, 3.05) is 72.3 Å². The van der Waals surface area contributed by atoms with Gasteiger partial charge in [-0.25, -0.2) is 4.39 Å². The van der Waals surface area contributed by atoms with E-state index in [1.54, 1.807) is 11.0 Å². The van der Waals surface area contributed by atoms with Gasteiger partial charge in [0.05, 0.1) is 50.9 Å². The number of amides is 1. The number of morpholine rings is 2. The molecule has 222 valence electrons. The highest BCUT2D eigenvalue weighted by atomic mass is 19.1. The van der Waals surface area contributed by atoms with Crippen LogP contribution < -0.4 is 10.1 Å².